The quantitative estimate of drug-likeness (QED) is 0.354. The molecule has 2 aliphatic heterocycles. The molecule has 0 saturated carbocycles. The summed E-state index contributed by atoms with van der Waals surface area (Å²) in [5.41, 5.74) is 3.08. The van der Waals surface area contributed by atoms with Crippen LogP contribution in [0.1, 0.15) is 17.2 Å². The molecular weight excluding hydrogens is 448 g/mol. The number of hydroxylamine groups is 1. The van der Waals surface area contributed by atoms with E-state index < -0.39 is 18.1 Å². The standard InChI is InChI=1S/C28H21ClN2O3/c1-17-14-15-20(16-23(17)29)30-27(32)24-25(22-13-7-9-18-8-5-6-12-21(18)22)31(34-26(24)28(30)33)19-10-3-2-4-11-19/h2-16,24-26H,1H3. The first-order valence-electron chi connectivity index (χ1n) is 11.2. The number of amides is 2. The number of anilines is 2. The van der Waals surface area contributed by atoms with Gasteiger partial charge in [-0.3, -0.25) is 14.4 Å². The van der Waals surface area contributed by atoms with Crippen molar-refractivity contribution in [2.75, 3.05) is 9.96 Å². The van der Waals surface area contributed by atoms with Crippen molar-refractivity contribution in [1.29, 1.82) is 0 Å². The molecule has 2 fully saturated rings. The van der Waals surface area contributed by atoms with Crippen LogP contribution in [-0.4, -0.2) is 17.9 Å². The monoisotopic (exact) mass is 468 g/mol. The number of imide groups is 1. The van der Waals surface area contributed by atoms with Crippen LogP contribution < -0.4 is 9.96 Å². The Balaban J connectivity index is 1.50. The van der Waals surface area contributed by atoms with Gasteiger partial charge in [0, 0.05) is 5.02 Å². The molecule has 2 aliphatic rings. The SMILES string of the molecule is Cc1ccc(N2C(=O)C3ON(c4ccccc4)C(c4cccc5ccccc45)C3C2=O)cc1Cl. The van der Waals surface area contributed by atoms with Gasteiger partial charge in [-0.1, -0.05) is 78.3 Å². The maximum atomic E-state index is 13.8. The van der Waals surface area contributed by atoms with E-state index >= 15 is 0 Å². The minimum Gasteiger partial charge on any atom is -0.273 e. The highest BCUT2D eigenvalue weighted by atomic mass is 35.5. The van der Waals surface area contributed by atoms with E-state index in [1.165, 1.54) is 4.90 Å². The molecule has 0 N–H and O–H groups in total. The molecule has 4 aromatic carbocycles. The Morgan fingerprint density at radius 2 is 1.53 bits per heavy atom. The van der Waals surface area contributed by atoms with Gasteiger partial charge < -0.3 is 0 Å². The lowest BCUT2D eigenvalue weighted by atomic mass is 9.87. The Bertz CT molecular complexity index is 1430. The number of halogens is 1. The Hall–Kier alpha value is -3.67. The number of benzene rings is 4. The molecule has 0 spiro atoms. The smallest absolute Gasteiger partial charge is 0.266 e. The van der Waals surface area contributed by atoms with Crippen molar-refractivity contribution < 1.29 is 14.4 Å². The average molecular weight is 469 g/mol. The van der Waals surface area contributed by atoms with E-state index in [4.69, 9.17) is 16.4 Å². The molecule has 168 valence electrons. The van der Waals surface area contributed by atoms with Gasteiger partial charge in [0.1, 0.15) is 5.92 Å². The van der Waals surface area contributed by atoms with Crippen LogP contribution in [0, 0.1) is 12.8 Å². The van der Waals surface area contributed by atoms with Gasteiger partial charge in [0.25, 0.3) is 5.91 Å². The fourth-order valence-corrected chi connectivity index (χ4v) is 5.19. The van der Waals surface area contributed by atoms with Crippen molar-refractivity contribution in [2.24, 2.45) is 5.92 Å². The van der Waals surface area contributed by atoms with Crippen LogP contribution in [-0.2, 0) is 14.4 Å². The molecular formula is C28H21ClN2O3. The van der Waals surface area contributed by atoms with Gasteiger partial charge in [-0.05, 0) is 53.1 Å². The minimum absolute atomic E-state index is 0.286. The van der Waals surface area contributed by atoms with Crippen LogP contribution in [0.25, 0.3) is 10.8 Å². The lowest BCUT2D eigenvalue weighted by Gasteiger charge is -2.29. The Morgan fingerprint density at radius 1 is 0.794 bits per heavy atom. The molecule has 2 saturated heterocycles. The van der Waals surface area contributed by atoms with Crippen LogP contribution in [0.2, 0.25) is 5.02 Å². The first-order chi connectivity index (χ1) is 16.5. The van der Waals surface area contributed by atoms with Gasteiger partial charge >= 0.3 is 0 Å². The largest absolute Gasteiger partial charge is 0.273 e. The number of nitrogens with zero attached hydrogens (tertiary/aromatic N) is 2. The molecule has 2 heterocycles. The number of hydrogen-bond donors (Lipinski definition) is 0. The maximum Gasteiger partial charge on any atom is 0.266 e. The van der Waals surface area contributed by atoms with Crippen LogP contribution in [0.4, 0.5) is 11.4 Å². The van der Waals surface area contributed by atoms with Crippen molar-refractivity contribution in [3.05, 3.63) is 107 Å². The molecule has 2 amide bonds. The second-order valence-electron chi connectivity index (χ2n) is 8.67. The van der Waals surface area contributed by atoms with Crippen LogP contribution >= 0.6 is 11.6 Å². The number of rotatable bonds is 3. The number of carbonyl (C=O) groups excluding carboxylic acids is 2. The Morgan fingerprint density at radius 3 is 2.32 bits per heavy atom. The number of para-hydroxylation sites is 1. The van der Waals surface area contributed by atoms with Gasteiger partial charge in [-0.25, -0.2) is 9.96 Å². The van der Waals surface area contributed by atoms with E-state index in [0.29, 0.717) is 10.7 Å². The van der Waals surface area contributed by atoms with Crippen LogP contribution in [0.15, 0.2) is 91.0 Å². The third-order valence-corrected chi connectivity index (χ3v) is 7.09. The molecule has 5 nitrogen and oxygen atoms in total. The fourth-order valence-electron chi connectivity index (χ4n) is 5.01. The third-order valence-electron chi connectivity index (χ3n) is 6.68. The van der Waals surface area contributed by atoms with E-state index in [0.717, 1.165) is 27.6 Å². The van der Waals surface area contributed by atoms with Crippen LogP contribution in [0.3, 0.4) is 0 Å². The zero-order chi connectivity index (χ0) is 23.4. The molecule has 0 radical (unpaired) electrons. The first kappa shape index (κ1) is 20.9. The van der Waals surface area contributed by atoms with Gasteiger partial charge in [0.2, 0.25) is 5.91 Å². The second-order valence-corrected chi connectivity index (χ2v) is 9.08. The van der Waals surface area contributed by atoms with Crippen molar-refractivity contribution >= 4 is 45.6 Å². The molecule has 3 unspecified atom stereocenters. The third kappa shape index (κ3) is 3.12. The highest BCUT2D eigenvalue weighted by molar-refractivity contribution is 6.32. The summed E-state index contributed by atoms with van der Waals surface area (Å²) in [6.45, 7) is 1.88. The highest BCUT2D eigenvalue weighted by Gasteiger charge is 2.60. The van der Waals surface area contributed by atoms with Gasteiger partial charge in [0.15, 0.2) is 6.10 Å². The molecule has 4 aromatic rings. The van der Waals surface area contributed by atoms with Gasteiger partial charge in [0.05, 0.1) is 17.4 Å². The lowest BCUT2D eigenvalue weighted by molar-refractivity contribution is -0.126. The molecule has 6 heteroatoms. The van der Waals surface area contributed by atoms with E-state index in [-0.39, 0.29) is 11.8 Å². The maximum absolute atomic E-state index is 13.8. The van der Waals surface area contributed by atoms with Gasteiger partial charge in [-0.15, -0.1) is 0 Å². The van der Waals surface area contributed by atoms with Crippen molar-refractivity contribution in [3.63, 3.8) is 0 Å². The molecule has 3 atom stereocenters. The van der Waals surface area contributed by atoms with Crippen molar-refractivity contribution in [1.82, 2.24) is 0 Å². The Kier molecular flexibility index (Phi) is 4.90. The van der Waals surface area contributed by atoms with E-state index in [1.807, 2.05) is 85.8 Å². The normalized spacial score (nSPS) is 22.0. The zero-order valence-corrected chi connectivity index (χ0v) is 19.1. The summed E-state index contributed by atoms with van der Waals surface area (Å²) in [5.74, 6) is -1.36. The molecule has 0 aromatic heterocycles. The summed E-state index contributed by atoms with van der Waals surface area (Å²) in [4.78, 5) is 34.9. The van der Waals surface area contributed by atoms with E-state index in [1.54, 1.807) is 17.2 Å². The summed E-state index contributed by atoms with van der Waals surface area (Å²) in [6, 6.07) is 28.4. The number of hydrogen-bond acceptors (Lipinski definition) is 4. The van der Waals surface area contributed by atoms with Crippen molar-refractivity contribution in [3.8, 4) is 0 Å². The van der Waals surface area contributed by atoms with Crippen LogP contribution in [0.5, 0.6) is 0 Å². The number of carbonyl (C=O) groups is 2. The summed E-state index contributed by atoms with van der Waals surface area (Å²) in [7, 11) is 0. The molecule has 6 rings (SSSR count). The second kappa shape index (κ2) is 7.97. The summed E-state index contributed by atoms with van der Waals surface area (Å²) >= 11 is 6.31. The molecule has 0 bridgehead atoms. The van der Waals surface area contributed by atoms with Gasteiger partial charge in [-0.2, -0.15) is 0 Å². The summed E-state index contributed by atoms with van der Waals surface area (Å²) in [6.07, 6.45) is -0.920. The topological polar surface area (TPSA) is 49.9 Å². The average Bonchev–Trinajstić information content (AvgIpc) is 3.37. The summed E-state index contributed by atoms with van der Waals surface area (Å²) in [5, 5.41) is 4.33. The van der Waals surface area contributed by atoms with E-state index in [9.17, 15) is 9.59 Å². The fraction of sp³-hybridized carbons (Fsp3) is 0.143. The molecule has 34 heavy (non-hydrogen) atoms. The Labute approximate surface area is 202 Å². The minimum atomic E-state index is -0.920. The summed E-state index contributed by atoms with van der Waals surface area (Å²) < 4.78 is 0. The van der Waals surface area contributed by atoms with E-state index in [2.05, 4.69) is 0 Å². The first-order valence-corrected chi connectivity index (χ1v) is 11.5. The zero-order valence-electron chi connectivity index (χ0n) is 18.4. The highest BCUT2D eigenvalue weighted by Crippen LogP contribution is 2.49. The predicted molar refractivity (Wildman–Crippen MR) is 133 cm³/mol. The van der Waals surface area contributed by atoms with Crippen molar-refractivity contribution in [2.45, 2.75) is 19.1 Å². The number of fused-ring (bicyclic) bond motifs is 2. The molecule has 0 aliphatic carbocycles. The number of aryl methyl sites for hydroxylation is 1. The predicted octanol–water partition coefficient (Wildman–Crippen LogP) is 5.85. The lowest BCUT2D eigenvalue weighted by Crippen LogP contribution is -2.37.